The zero-order valence-corrected chi connectivity index (χ0v) is 19.9. The van der Waals surface area contributed by atoms with E-state index in [1.807, 2.05) is 31.2 Å². The molecule has 1 saturated heterocycles. The number of carbonyl (C=O) groups excluding carboxylic acids is 2. The quantitative estimate of drug-likeness (QED) is 0.447. The Morgan fingerprint density at radius 3 is 2.31 bits per heavy atom. The van der Waals surface area contributed by atoms with Crippen molar-refractivity contribution >= 4 is 18.0 Å². The Morgan fingerprint density at radius 2 is 1.69 bits per heavy atom. The number of benzene rings is 2. The van der Waals surface area contributed by atoms with Crippen LogP contribution in [-0.4, -0.2) is 55.0 Å². The van der Waals surface area contributed by atoms with E-state index in [2.05, 4.69) is 34.9 Å². The molecule has 1 heterocycles. The van der Waals surface area contributed by atoms with Gasteiger partial charge in [0.2, 0.25) is 5.91 Å². The summed E-state index contributed by atoms with van der Waals surface area (Å²) < 4.78 is 10.9. The molecule has 2 amide bonds. The molecule has 1 fully saturated rings. The zero-order chi connectivity index (χ0) is 24.8. The zero-order valence-electron chi connectivity index (χ0n) is 19.9. The van der Waals surface area contributed by atoms with E-state index < -0.39 is 18.2 Å². The van der Waals surface area contributed by atoms with Crippen molar-refractivity contribution in [1.82, 2.24) is 10.6 Å². The first-order chi connectivity index (χ1) is 16.9. The van der Waals surface area contributed by atoms with Crippen molar-refractivity contribution in [2.75, 3.05) is 19.7 Å². The predicted molar refractivity (Wildman–Crippen MR) is 130 cm³/mol. The smallest absolute Gasteiger partial charge is 0.407 e. The van der Waals surface area contributed by atoms with Gasteiger partial charge in [-0.1, -0.05) is 55.5 Å². The maximum Gasteiger partial charge on any atom is 0.407 e. The fraction of sp³-hybridized carbons (Fsp3) is 0.444. The number of aliphatic carboxylic acids is 1. The molecule has 0 spiro atoms. The van der Waals surface area contributed by atoms with Gasteiger partial charge in [0.15, 0.2) is 6.10 Å². The van der Waals surface area contributed by atoms with Gasteiger partial charge >= 0.3 is 12.1 Å². The lowest BCUT2D eigenvalue weighted by atomic mass is 9.98. The lowest BCUT2D eigenvalue weighted by Crippen LogP contribution is -2.36. The summed E-state index contributed by atoms with van der Waals surface area (Å²) in [6, 6.07) is 16.4. The fourth-order valence-electron chi connectivity index (χ4n) is 4.81. The highest BCUT2D eigenvalue weighted by Crippen LogP contribution is 2.44. The van der Waals surface area contributed by atoms with E-state index in [1.165, 1.54) is 22.3 Å². The van der Waals surface area contributed by atoms with Crippen LogP contribution in [0.5, 0.6) is 0 Å². The van der Waals surface area contributed by atoms with E-state index in [4.69, 9.17) is 14.6 Å². The Bertz CT molecular complexity index is 1030. The van der Waals surface area contributed by atoms with Gasteiger partial charge in [0, 0.05) is 24.9 Å². The van der Waals surface area contributed by atoms with Gasteiger partial charge in [-0.25, -0.2) is 9.59 Å². The van der Waals surface area contributed by atoms with Crippen LogP contribution in [0, 0.1) is 5.92 Å². The number of carboxylic acids is 1. The van der Waals surface area contributed by atoms with Crippen LogP contribution in [0.2, 0.25) is 0 Å². The highest BCUT2D eigenvalue weighted by molar-refractivity contribution is 5.79. The normalized spacial score (nSPS) is 19.5. The first-order valence-corrected chi connectivity index (χ1v) is 12.2. The van der Waals surface area contributed by atoms with Crippen molar-refractivity contribution in [3.05, 3.63) is 59.7 Å². The SMILES string of the molecule is CC(CCCNC(=O)OCC1c2ccccc2-c2ccccc21)C(=O)NCC1CCC(C(=O)O)O1. The average Bonchev–Trinajstić information content (AvgIpc) is 3.47. The second-order valence-electron chi connectivity index (χ2n) is 9.20. The predicted octanol–water partition coefficient (Wildman–Crippen LogP) is 3.69. The molecule has 8 nitrogen and oxygen atoms in total. The number of hydrogen-bond acceptors (Lipinski definition) is 5. The van der Waals surface area contributed by atoms with Crippen molar-refractivity contribution in [2.24, 2.45) is 5.92 Å². The number of ether oxygens (including phenoxy) is 2. The molecular weight excluding hydrogens is 448 g/mol. The molecule has 0 saturated carbocycles. The van der Waals surface area contributed by atoms with Crippen LogP contribution >= 0.6 is 0 Å². The summed E-state index contributed by atoms with van der Waals surface area (Å²) in [5, 5.41) is 14.6. The number of nitrogens with one attached hydrogen (secondary N) is 2. The summed E-state index contributed by atoms with van der Waals surface area (Å²) in [5.41, 5.74) is 4.71. The highest BCUT2D eigenvalue weighted by atomic mass is 16.5. The average molecular weight is 481 g/mol. The van der Waals surface area contributed by atoms with E-state index in [9.17, 15) is 14.4 Å². The van der Waals surface area contributed by atoms with Gasteiger partial charge in [0.05, 0.1) is 6.10 Å². The number of rotatable bonds is 10. The van der Waals surface area contributed by atoms with Crippen molar-refractivity contribution in [2.45, 2.75) is 50.7 Å². The van der Waals surface area contributed by atoms with Crippen LogP contribution < -0.4 is 10.6 Å². The molecule has 4 rings (SSSR count). The van der Waals surface area contributed by atoms with E-state index >= 15 is 0 Å². The number of carbonyl (C=O) groups is 3. The van der Waals surface area contributed by atoms with Crippen LogP contribution in [0.15, 0.2) is 48.5 Å². The number of hydrogen-bond donors (Lipinski definition) is 3. The van der Waals surface area contributed by atoms with Crippen LogP contribution in [0.25, 0.3) is 11.1 Å². The van der Waals surface area contributed by atoms with E-state index in [0.717, 1.165) is 0 Å². The third-order valence-corrected chi connectivity index (χ3v) is 6.76. The summed E-state index contributed by atoms with van der Waals surface area (Å²) in [6.45, 7) is 2.83. The molecule has 2 aromatic carbocycles. The Morgan fingerprint density at radius 1 is 1.03 bits per heavy atom. The maximum absolute atomic E-state index is 12.3. The summed E-state index contributed by atoms with van der Waals surface area (Å²) in [7, 11) is 0. The van der Waals surface area contributed by atoms with Gasteiger partial charge in [-0.2, -0.15) is 0 Å². The van der Waals surface area contributed by atoms with E-state index in [1.54, 1.807) is 0 Å². The molecule has 1 aliphatic carbocycles. The molecule has 3 atom stereocenters. The van der Waals surface area contributed by atoms with Gasteiger partial charge < -0.3 is 25.2 Å². The third-order valence-electron chi connectivity index (χ3n) is 6.76. The maximum atomic E-state index is 12.3. The monoisotopic (exact) mass is 480 g/mol. The molecule has 0 radical (unpaired) electrons. The van der Waals surface area contributed by atoms with Crippen LogP contribution in [-0.2, 0) is 19.1 Å². The molecule has 3 unspecified atom stereocenters. The summed E-state index contributed by atoms with van der Waals surface area (Å²) in [4.78, 5) is 35.5. The van der Waals surface area contributed by atoms with Crippen molar-refractivity contribution in [1.29, 1.82) is 0 Å². The van der Waals surface area contributed by atoms with Crippen LogP contribution in [0.4, 0.5) is 4.79 Å². The number of carboxylic acid groups (broad SMARTS) is 1. The standard InChI is InChI=1S/C27H32N2O6/c1-17(25(30)29-15-18-12-13-24(35-18)26(31)32)7-6-14-28-27(33)34-16-23-21-10-4-2-8-19(21)20-9-3-5-11-22(20)23/h2-5,8-11,17-18,23-24H,6-7,12-16H2,1H3,(H,28,33)(H,29,30)(H,31,32). The summed E-state index contributed by atoms with van der Waals surface area (Å²) in [6.07, 6.45) is 0.831. The molecule has 1 aliphatic heterocycles. The van der Waals surface area contributed by atoms with Crippen LogP contribution in [0.3, 0.4) is 0 Å². The lowest BCUT2D eigenvalue weighted by molar-refractivity contribution is -0.149. The second kappa shape index (κ2) is 11.4. The largest absolute Gasteiger partial charge is 0.479 e. The Labute approximate surface area is 205 Å². The van der Waals surface area contributed by atoms with Crippen molar-refractivity contribution < 1.29 is 29.0 Å². The van der Waals surface area contributed by atoms with E-state index in [0.29, 0.717) is 38.8 Å². The van der Waals surface area contributed by atoms with Gasteiger partial charge in [-0.05, 0) is 47.9 Å². The lowest BCUT2D eigenvalue weighted by Gasteiger charge is -2.16. The Kier molecular flexibility index (Phi) is 8.02. The molecule has 186 valence electrons. The number of fused-ring (bicyclic) bond motifs is 3. The van der Waals surface area contributed by atoms with Gasteiger partial charge in [-0.3, -0.25) is 4.79 Å². The van der Waals surface area contributed by atoms with E-state index in [-0.39, 0.29) is 30.5 Å². The summed E-state index contributed by atoms with van der Waals surface area (Å²) >= 11 is 0. The molecule has 3 N–H and O–H groups in total. The fourth-order valence-corrected chi connectivity index (χ4v) is 4.81. The van der Waals surface area contributed by atoms with Crippen molar-refractivity contribution in [3.8, 4) is 11.1 Å². The molecule has 2 aliphatic rings. The number of alkyl carbamates (subject to hydrolysis) is 1. The minimum Gasteiger partial charge on any atom is -0.479 e. The first kappa shape index (κ1) is 24.7. The minimum absolute atomic E-state index is 0.0199. The molecular formula is C27H32N2O6. The molecule has 8 heteroatoms. The third kappa shape index (κ3) is 6.00. The highest BCUT2D eigenvalue weighted by Gasteiger charge is 2.31. The molecule has 0 bridgehead atoms. The van der Waals surface area contributed by atoms with Gasteiger partial charge in [-0.15, -0.1) is 0 Å². The molecule has 2 aromatic rings. The molecule has 0 aromatic heterocycles. The summed E-state index contributed by atoms with van der Waals surface area (Å²) in [5.74, 6) is -1.27. The topological polar surface area (TPSA) is 114 Å². The molecule has 35 heavy (non-hydrogen) atoms. The van der Waals surface area contributed by atoms with Crippen molar-refractivity contribution in [3.63, 3.8) is 0 Å². The second-order valence-corrected chi connectivity index (χ2v) is 9.20. The minimum atomic E-state index is -0.962. The van der Waals surface area contributed by atoms with Crippen LogP contribution in [0.1, 0.15) is 49.7 Å². The number of amides is 2. The first-order valence-electron chi connectivity index (χ1n) is 12.2. The van der Waals surface area contributed by atoms with Gasteiger partial charge in [0.25, 0.3) is 0 Å². The Hall–Kier alpha value is -3.39. The Balaban J connectivity index is 1.13. The van der Waals surface area contributed by atoms with Gasteiger partial charge in [0.1, 0.15) is 6.61 Å².